The van der Waals surface area contributed by atoms with Crippen LogP contribution in [0.3, 0.4) is 0 Å². The fraction of sp³-hybridized carbons (Fsp3) is 0. The maximum atomic E-state index is 8.32. The Hall–Kier alpha value is -4.08. The third-order valence-electron chi connectivity index (χ3n) is 5.56. The Balaban J connectivity index is 1.57. The van der Waals surface area contributed by atoms with Crippen molar-refractivity contribution < 1.29 is 6.85 Å². The van der Waals surface area contributed by atoms with Crippen LogP contribution in [-0.4, -0.2) is 15.0 Å². The van der Waals surface area contributed by atoms with Gasteiger partial charge in [-0.1, -0.05) is 103 Å². The molecule has 0 saturated heterocycles. The van der Waals surface area contributed by atoms with E-state index in [0.29, 0.717) is 5.56 Å². The first-order valence-electron chi connectivity index (χ1n) is 12.8. The van der Waals surface area contributed by atoms with E-state index >= 15 is 0 Å². The zero-order chi connectivity index (χ0) is 26.6. The smallest absolute Gasteiger partial charge is 0.208 e. The van der Waals surface area contributed by atoms with Crippen LogP contribution in [0.5, 0.6) is 0 Å². The third-order valence-corrected chi connectivity index (χ3v) is 5.72. The number of hydrogen-bond donors (Lipinski definition) is 0. The monoisotopic (exact) mass is 448 g/mol. The van der Waals surface area contributed by atoms with Crippen molar-refractivity contribution in [3.63, 3.8) is 0 Å². The summed E-state index contributed by atoms with van der Waals surface area (Å²) in [5.41, 5.74) is 2.67. The molecular formula is C29H18ClN3. The summed E-state index contributed by atoms with van der Waals surface area (Å²) in [7, 11) is 0. The maximum absolute atomic E-state index is 8.32. The molecule has 33 heavy (non-hydrogen) atoms. The standard InChI is InChI=1S/C29H18ClN3/c30-29-32-27(21-9-2-1-3-10-21)31-28(33-29)25-15-7-12-20-16-17-22(18-26(20)25)24-14-6-11-19-8-4-5-13-23(19)24/h1-18H/i1D,2D,3D,9D,10D. The van der Waals surface area contributed by atoms with Gasteiger partial charge in [0.1, 0.15) is 0 Å². The number of halogens is 1. The zero-order valence-corrected chi connectivity index (χ0v) is 18.0. The van der Waals surface area contributed by atoms with Crippen LogP contribution in [0.1, 0.15) is 6.85 Å². The van der Waals surface area contributed by atoms with E-state index in [1.54, 1.807) is 0 Å². The molecule has 0 unspecified atom stereocenters. The predicted molar refractivity (Wildman–Crippen MR) is 136 cm³/mol. The summed E-state index contributed by atoms with van der Waals surface area (Å²) < 4.78 is 40.5. The van der Waals surface area contributed by atoms with Gasteiger partial charge in [-0.05, 0) is 50.3 Å². The van der Waals surface area contributed by atoms with Crippen molar-refractivity contribution in [1.82, 2.24) is 15.0 Å². The lowest BCUT2D eigenvalue weighted by Crippen LogP contribution is -1.97. The molecule has 0 fully saturated rings. The summed E-state index contributed by atoms with van der Waals surface area (Å²) >= 11 is 6.29. The molecule has 0 N–H and O–H groups in total. The first-order valence-corrected chi connectivity index (χ1v) is 10.7. The van der Waals surface area contributed by atoms with E-state index in [-0.39, 0.29) is 22.5 Å². The van der Waals surface area contributed by atoms with Crippen molar-refractivity contribution in [1.29, 1.82) is 0 Å². The van der Waals surface area contributed by atoms with E-state index in [9.17, 15) is 0 Å². The highest BCUT2D eigenvalue weighted by Crippen LogP contribution is 2.34. The molecule has 5 aromatic carbocycles. The van der Waals surface area contributed by atoms with E-state index in [1.165, 1.54) is 0 Å². The molecular weight excluding hydrogens is 426 g/mol. The molecule has 0 amide bonds. The van der Waals surface area contributed by atoms with Gasteiger partial charge in [0.2, 0.25) is 5.28 Å². The minimum Gasteiger partial charge on any atom is -0.208 e. The lowest BCUT2D eigenvalue weighted by Gasteiger charge is -2.11. The van der Waals surface area contributed by atoms with E-state index in [4.69, 9.17) is 18.5 Å². The Bertz CT molecular complexity index is 1870. The highest BCUT2D eigenvalue weighted by atomic mass is 35.5. The average Bonchev–Trinajstić information content (AvgIpc) is 2.94. The van der Waals surface area contributed by atoms with Gasteiger partial charge in [-0.25, -0.2) is 4.98 Å². The molecule has 0 aliphatic rings. The second-order valence-electron chi connectivity index (χ2n) is 7.52. The van der Waals surface area contributed by atoms with E-state index in [0.717, 1.165) is 32.7 Å². The molecule has 1 aromatic heterocycles. The van der Waals surface area contributed by atoms with Gasteiger partial charge in [0, 0.05) is 11.1 Å². The van der Waals surface area contributed by atoms with Gasteiger partial charge in [0.05, 0.1) is 6.85 Å². The Morgan fingerprint density at radius 2 is 1.27 bits per heavy atom. The average molecular weight is 449 g/mol. The molecule has 0 atom stereocenters. The summed E-state index contributed by atoms with van der Waals surface area (Å²) in [5.74, 6) is 0.159. The topological polar surface area (TPSA) is 38.7 Å². The zero-order valence-electron chi connectivity index (χ0n) is 22.2. The maximum Gasteiger partial charge on any atom is 0.226 e. The molecule has 0 bridgehead atoms. The molecule has 4 heteroatoms. The van der Waals surface area contributed by atoms with Crippen molar-refractivity contribution in [3.8, 4) is 33.9 Å². The van der Waals surface area contributed by atoms with Crippen molar-refractivity contribution in [3.05, 3.63) is 114 Å². The molecule has 0 aliphatic carbocycles. The SMILES string of the molecule is [2H]c1c([2H])c([2H])c(-c2nc(Cl)nc(-c3cccc4ccc(-c5cccc6ccccc56)cc34)n2)c([2H])c1[2H]. The Morgan fingerprint density at radius 1 is 0.576 bits per heavy atom. The molecule has 0 radical (unpaired) electrons. The molecule has 156 valence electrons. The van der Waals surface area contributed by atoms with Crippen LogP contribution < -0.4 is 0 Å². The van der Waals surface area contributed by atoms with Crippen molar-refractivity contribution >= 4 is 33.1 Å². The van der Waals surface area contributed by atoms with Gasteiger partial charge in [-0.2, -0.15) is 9.97 Å². The first-order chi connectivity index (χ1) is 18.3. The predicted octanol–water partition coefficient (Wildman–Crippen LogP) is 7.83. The van der Waals surface area contributed by atoms with Crippen molar-refractivity contribution in [2.24, 2.45) is 0 Å². The summed E-state index contributed by atoms with van der Waals surface area (Å²) in [6.07, 6.45) is 0. The van der Waals surface area contributed by atoms with Crippen LogP contribution in [0.15, 0.2) is 109 Å². The molecule has 3 nitrogen and oxygen atoms in total. The minimum atomic E-state index is -0.487. The normalized spacial score (nSPS) is 13.3. The minimum absolute atomic E-state index is 0.0841. The fourth-order valence-corrected chi connectivity index (χ4v) is 4.22. The van der Waals surface area contributed by atoms with Crippen LogP contribution >= 0.6 is 11.6 Å². The third kappa shape index (κ3) is 3.63. The Labute approximate surface area is 203 Å². The molecule has 6 aromatic rings. The Morgan fingerprint density at radius 3 is 2.12 bits per heavy atom. The second kappa shape index (κ2) is 8.12. The molecule has 0 aliphatic heterocycles. The van der Waals surface area contributed by atoms with Crippen LogP contribution in [0.4, 0.5) is 0 Å². The number of hydrogen-bond acceptors (Lipinski definition) is 3. The number of aromatic nitrogens is 3. The largest absolute Gasteiger partial charge is 0.226 e. The number of fused-ring (bicyclic) bond motifs is 2. The summed E-state index contributed by atoms with van der Waals surface area (Å²) in [6, 6.07) is 24.1. The highest BCUT2D eigenvalue weighted by Gasteiger charge is 2.13. The molecule has 6 rings (SSSR count). The van der Waals surface area contributed by atoms with E-state index in [2.05, 4.69) is 51.4 Å². The highest BCUT2D eigenvalue weighted by molar-refractivity contribution is 6.28. The Kier molecular flexibility index (Phi) is 3.66. The van der Waals surface area contributed by atoms with E-state index in [1.807, 2.05) is 42.5 Å². The lowest BCUT2D eigenvalue weighted by molar-refractivity contribution is 1.07. The van der Waals surface area contributed by atoms with E-state index < -0.39 is 30.2 Å². The molecule has 0 spiro atoms. The van der Waals surface area contributed by atoms with Crippen LogP contribution in [0.2, 0.25) is 5.28 Å². The quantitative estimate of drug-likeness (QED) is 0.277. The second-order valence-corrected chi connectivity index (χ2v) is 7.86. The van der Waals surface area contributed by atoms with Gasteiger partial charge in [0.25, 0.3) is 0 Å². The van der Waals surface area contributed by atoms with Crippen LogP contribution in [0, 0.1) is 0 Å². The molecule has 1 heterocycles. The summed E-state index contributed by atoms with van der Waals surface area (Å²) in [6.45, 7) is 0. The molecule has 0 saturated carbocycles. The summed E-state index contributed by atoms with van der Waals surface area (Å²) in [4.78, 5) is 13.0. The van der Waals surface area contributed by atoms with Gasteiger partial charge < -0.3 is 0 Å². The van der Waals surface area contributed by atoms with Crippen molar-refractivity contribution in [2.45, 2.75) is 0 Å². The van der Waals surface area contributed by atoms with Crippen molar-refractivity contribution in [2.75, 3.05) is 0 Å². The fourth-order valence-electron chi connectivity index (χ4n) is 4.06. The summed E-state index contributed by atoms with van der Waals surface area (Å²) in [5, 5.41) is 3.99. The van der Waals surface area contributed by atoms with Crippen LogP contribution in [-0.2, 0) is 0 Å². The van der Waals surface area contributed by atoms with Gasteiger partial charge >= 0.3 is 0 Å². The van der Waals surface area contributed by atoms with Gasteiger partial charge in [-0.15, -0.1) is 0 Å². The van der Waals surface area contributed by atoms with Gasteiger partial charge in [-0.3, -0.25) is 0 Å². The number of nitrogens with zero attached hydrogens (tertiary/aromatic N) is 3. The lowest BCUT2D eigenvalue weighted by atomic mass is 9.94. The van der Waals surface area contributed by atoms with Gasteiger partial charge in [0.15, 0.2) is 11.6 Å². The number of benzene rings is 5. The first kappa shape index (κ1) is 14.9. The number of rotatable bonds is 3. The van der Waals surface area contributed by atoms with Crippen LogP contribution in [0.25, 0.3) is 55.4 Å².